The largest absolute Gasteiger partial charge is 0.345 e. The van der Waals surface area contributed by atoms with Crippen molar-refractivity contribution in [3.05, 3.63) is 41.2 Å². The minimum Gasteiger partial charge on any atom is -0.345 e. The fourth-order valence-electron chi connectivity index (χ4n) is 4.37. The van der Waals surface area contributed by atoms with E-state index < -0.39 is 0 Å². The normalized spacial score (nSPS) is 20.3. The summed E-state index contributed by atoms with van der Waals surface area (Å²) in [7, 11) is 1.87. The van der Waals surface area contributed by atoms with E-state index in [1.165, 1.54) is 0 Å². The van der Waals surface area contributed by atoms with Crippen molar-refractivity contribution in [1.82, 2.24) is 24.3 Å². The Labute approximate surface area is 171 Å². The van der Waals surface area contributed by atoms with Gasteiger partial charge in [-0.25, -0.2) is 4.98 Å². The monoisotopic (exact) mass is 411 g/mol. The quantitative estimate of drug-likeness (QED) is 0.821. The molecule has 1 unspecified atom stereocenters. The first-order valence-corrected chi connectivity index (χ1v) is 9.75. The van der Waals surface area contributed by atoms with Crippen molar-refractivity contribution >= 4 is 29.9 Å². The Kier molecular flexibility index (Phi) is 5.89. The number of carbonyl (C=O) groups is 1. The summed E-state index contributed by atoms with van der Waals surface area (Å²) in [5.74, 6) is 0.989. The first kappa shape index (κ1) is 20.2. The maximum absolute atomic E-state index is 13.4. The molecule has 1 amide bonds. The number of halogens is 2. The van der Waals surface area contributed by atoms with Crippen LogP contribution in [0.2, 0.25) is 5.02 Å². The van der Waals surface area contributed by atoms with Gasteiger partial charge in [0.1, 0.15) is 11.5 Å². The highest BCUT2D eigenvalue weighted by Crippen LogP contribution is 2.56. The number of nitrogens with one attached hydrogen (secondary N) is 1. The molecule has 1 aliphatic heterocycles. The van der Waals surface area contributed by atoms with Crippen LogP contribution in [0, 0.1) is 5.41 Å². The Balaban J connectivity index is 0.00000210. The second-order valence-electron chi connectivity index (χ2n) is 7.55. The highest BCUT2D eigenvalue weighted by Gasteiger charge is 2.58. The molecule has 8 heteroatoms. The van der Waals surface area contributed by atoms with E-state index in [4.69, 9.17) is 11.6 Å². The van der Waals surface area contributed by atoms with Crippen LogP contribution in [0.1, 0.15) is 42.5 Å². The third-order valence-corrected chi connectivity index (χ3v) is 6.23. The Hall–Kier alpha value is -1.50. The van der Waals surface area contributed by atoms with E-state index in [1.54, 1.807) is 12.3 Å². The summed E-state index contributed by atoms with van der Waals surface area (Å²) >= 11 is 6.13. The zero-order valence-electron chi connectivity index (χ0n) is 15.8. The summed E-state index contributed by atoms with van der Waals surface area (Å²) in [6.45, 7) is 5.57. The smallest absolute Gasteiger partial charge is 0.271 e. The van der Waals surface area contributed by atoms with Gasteiger partial charge in [0.15, 0.2) is 0 Å². The molecule has 2 aromatic heterocycles. The molecule has 1 aliphatic carbocycles. The molecular formula is C19H27Cl2N5O. The molecule has 148 valence electrons. The van der Waals surface area contributed by atoms with Crippen LogP contribution in [0.5, 0.6) is 0 Å². The van der Waals surface area contributed by atoms with Gasteiger partial charge in [-0.15, -0.1) is 12.4 Å². The molecule has 1 N–H and O–H groups in total. The lowest BCUT2D eigenvalue weighted by atomic mass is 9.93. The molecule has 27 heavy (non-hydrogen) atoms. The Morgan fingerprint density at radius 2 is 2.19 bits per heavy atom. The molecule has 6 nitrogen and oxygen atoms in total. The number of imidazole rings is 1. The molecule has 1 atom stereocenters. The number of piperidine rings is 1. The molecule has 0 aromatic carbocycles. The molecule has 2 fully saturated rings. The van der Waals surface area contributed by atoms with Gasteiger partial charge in [0.05, 0.1) is 11.6 Å². The summed E-state index contributed by atoms with van der Waals surface area (Å²) in [6.07, 6.45) is 8.94. The van der Waals surface area contributed by atoms with Crippen LogP contribution in [0.3, 0.4) is 0 Å². The van der Waals surface area contributed by atoms with Crippen molar-refractivity contribution in [3.63, 3.8) is 0 Å². The van der Waals surface area contributed by atoms with E-state index in [1.807, 2.05) is 28.9 Å². The van der Waals surface area contributed by atoms with E-state index in [-0.39, 0.29) is 29.8 Å². The summed E-state index contributed by atoms with van der Waals surface area (Å²) in [4.78, 5) is 19.9. The van der Waals surface area contributed by atoms with E-state index in [2.05, 4.69) is 21.8 Å². The number of rotatable bonds is 5. The molecular weight excluding hydrogens is 385 g/mol. The number of aryl methyl sites for hydroxylation is 2. The van der Waals surface area contributed by atoms with Crippen LogP contribution >= 0.6 is 24.0 Å². The first-order valence-electron chi connectivity index (χ1n) is 9.37. The number of hydrogen-bond donors (Lipinski definition) is 1. The maximum Gasteiger partial charge on any atom is 0.271 e. The summed E-state index contributed by atoms with van der Waals surface area (Å²) < 4.78 is 3.93. The molecule has 4 rings (SSSR count). The predicted molar refractivity (Wildman–Crippen MR) is 108 cm³/mol. The number of hydrogen-bond acceptors (Lipinski definition) is 3. The third kappa shape index (κ3) is 3.75. The van der Waals surface area contributed by atoms with Gasteiger partial charge >= 0.3 is 0 Å². The number of carbonyl (C=O) groups excluding carboxylic acids is 1. The number of nitrogens with zero attached hydrogens (tertiary/aromatic N) is 4. The maximum atomic E-state index is 13.4. The third-order valence-electron chi connectivity index (χ3n) is 6.03. The summed E-state index contributed by atoms with van der Waals surface area (Å²) in [6, 6.07) is 2.05. The van der Waals surface area contributed by atoms with Crippen LogP contribution in [0.4, 0.5) is 0 Å². The van der Waals surface area contributed by atoms with Gasteiger partial charge in [0, 0.05) is 38.2 Å². The fourth-order valence-corrected chi connectivity index (χ4v) is 4.62. The topological polar surface area (TPSA) is 55.1 Å². The Bertz CT molecular complexity index is 809. The van der Waals surface area contributed by atoms with Crippen molar-refractivity contribution in [2.24, 2.45) is 12.5 Å². The Morgan fingerprint density at radius 3 is 2.81 bits per heavy atom. The summed E-state index contributed by atoms with van der Waals surface area (Å²) in [5, 5.41) is 4.03. The van der Waals surface area contributed by atoms with Crippen molar-refractivity contribution in [1.29, 1.82) is 0 Å². The molecule has 2 aliphatic rings. The second-order valence-corrected chi connectivity index (χ2v) is 7.99. The van der Waals surface area contributed by atoms with Gasteiger partial charge in [-0.05, 0) is 50.8 Å². The number of amides is 1. The van der Waals surface area contributed by atoms with E-state index in [9.17, 15) is 4.79 Å². The first-order chi connectivity index (χ1) is 12.5. The molecule has 1 saturated heterocycles. The van der Waals surface area contributed by atoms with E-state index in [0.29, 0.717) is 17.3 Å². The molecule has 1 saturated carbocycles. The lowest BCUT2D eigenvalue weighted by molar-refractivity contribution is 0.0675. The molecule has 0 radical (unpaired) electrons. The van der Waals surface area contributed by atoms with E-state index >= 15 is 0 Å². The van der Waals surface area contributed by atoms with Crippen LogP contribution in [-0.2, 0) is 20.1 Å². The zero-order valence-corrected chi connectivity index (χ0v) is 17.4. The molecule has 1 spiro atoms. The molecule has 2 aromatic rings. The van der Waals surface area contributed by atoms with Gasteiger partial charge in [0.2, 0.25) is 0 Å². The molecule has 0 bridgehead atoms. The average molecular weight is 412 g/mol. The SMILES string of the molecule is CCn1ccnc1CN(C(=O)c1cc(Cl)cn1C)C1CC12CCNCC2.Cl. The number of aromatic nitrogens is 3. The minimum atomic E-state index is 0. The Morgan fingerprint density at radius 1 is 1.44 bits per heavy atom. The minimum absolute atomic E-state index is 0. The van der Waals surface area contributed by atoms with E-state index in [0.717, 1.165) is 44.7 Å². The van der Waals surface area contributed by atoms with Crippen molar-refractivity contribution in [2.75, 3.05) is 13.1 Å². The standard InChI is InChI=1S/C19H26ClN5O.ClH/c1-3-24-9-8-22-17(24)13-25(16-11-19(16)4-6-21-7-5-19)18(26)15-10-14(20)12-23(15)2;/h8-10,12,16,21H,3-7,11,13H2,1-2H3;1H. The van der Waals surface area contributed by atoms with Crippen molar-refractivity contribution < 1.29 is 4.79 Å². The van der Waals surface area contributed by atoms with Crippen LogP contribution in [-0.4, -0.2) is 44.1 Å². The van der Waals surface area contributed by atoms with Gasteiger partial charge < -0.3 is 19.4 Å². The average Bonchev–Trinajstić information content (AvgIpc) is 2.97. The van der Waals surface area contributed by atoms with Gasteiger partial charge in [-0.1, -0.05) is 11.6 Å². The zero-order chi connectivity index (χ0) is 18.3. The van der Waals surface area contributed by atoms with Gasteiger partial charge in [-0.3, -0.25) is 4.79 Å². The lowest BCUT2D eigenvalue weighted by Gasteiger charge is -2.29. The highest BCUT2D eigenvalue weighted by atomic mass is 35.5. The van der Waals surface area contributed by atoms with Gasteiger partial charge in [0.25, 0.3) is 5.91 Å². The van der Waals surface area contributed by atoms with Crippen molar-refractivity contribution in [3.8, 4) is 0 Å². The van der Waals surface area contributed by atoms with Crippen LogP contribution < -0.4 is 5.32 Å². The van der Waals surface area contributed by atoms with Crippen LogP contribution in [0.25, 0.3) is 0 Å². The fraction of sp³-hybridized carbons (Fsp3) is 0.579. The predicted octanol–water partition coefficient (Wildman–Crippen LogP) is 3.10. The molecule has 3 heterocycles. The highest BCUT2D eigenvalue weighted by molar-refractivity contribution is 6.31. The lowest BCUT2D eigenvalue weighted by Crippen LogP contribution is -2.40. The van der Waals surface area contributed by atoms with Gasteiger partial charge in [-0.2, -0.15) is 0 Å². The summed E-state index contributed by atoms with van der Waals surface area (Å²) in [5.41, 5.74) is 0.917. The second kappa shape index (κ2) is 7.86. The van der Waals surface area contributed by atoms with Crippen molar-refractivity contribution in [2.45, 2.75) is 45.3 Å². The van der Waals surface area contributed by atoms with Crippen LogP contribution in [0.15, 0.2) is 24.7 Å².